The summed E-state index contributed by atoms with van der Waals surface area (Å²) >= 11 is 12.0. The third-order valence-electron chi connectivity index (χ3n) is 4.75. The van der Waals surface area contributed by atoms with Crippen LogP contribution < -0.4 is 15.1 Å². The molecule has 1 aromatic rings. The van der Waals surface area contributed by atoms with E-state index >= 15 is 0 Å². The fraction of sp³-hybridized carbons (Fsp3) is 0.579. The van der Waals surface area contributed by atoms with E-state index in [0.717, 1.165) is 36.5 Å². The molecular formula is C19H30Cl2N4O2+2. The number of nitrogens with one attached hydrogen (secondary N) is 3. The molecule has 1 aromatic carbocycles. The van der Waals surface area contributed by atoms with Crippen LogP contribution in [0.3, 0.4) is 0 Å². The summed E-state index contributed by atoms with van der Waals surface area (Å²) in [6.45, 7) is 7.45. The average Bonchev–Trinajstić information content (AvgIpc) is 2.63. The van der Waals surface area contributed by atoms with E-state index in [-0.39, 0.29) is 11.8 Å². The van der Waals surface area contributed by atoms with Gasteiger partial charge in [-0.25, -0.2) is 0 Å². The number of amides is 2. The molecule has 27 heavy (non-hydrogen) atoms. The maximum atomic E-state index is 12.6. The molecule has 1 saturated heterocycles. The molecule has 1 fully saturated rings. The zero-order valence-corrected chi connectivity index (χ0v) is 17.6. The van der Waals surface area contributed by atoms with Crippen LogP contribution in [-0.2, 0) is 16.1 Å². The minimum Gasteiger partial charge on any atom is -0.351 e. The zero-order chi connectivity index (χ0) is 19.8. The summed E-state index contributed by atoms with van der Waals surface area (Å²) in [7, 11) is 2.00. The lowest BCUT2D eigenvalue weighted by atomic mass is 10.2. The first kappa shape index (κ1) is 22.0. The van der Waals surface area contributed by atoms with Crippen molar-refractivity contribution in [1.29, 1.82) is 0 Å². The van der Waals surface area contributed by atoms with Crippen LogP contribution in [-0.4, -0.2) is 69.6 Å². The van der Waals surface area contributed by atoms with Gasteiger partial charge in [-0.05, 0) is 18.6 Å². The van der Waals surface area contributed by atoms with Crippen LogP contribution in [0.15, 0.2) is 18.2 Å². The van der Waals surface area contributed by atoms with Gasteiger partial charge in [-0.15, -0.1) is 0 Å². The fourth-order valence-corrected chi connectivity index (χ4v) is 3.55. The number of rotatable bonds is 8. The number of nitrogens with zero attached hydrogens (tertiary/aromatic N) is 1. The zero-order valence-electron chi connectivity index (χ0n) is 16.1. The normalized spacial score (nSPS) is 16.2. The Morgan fingerprint density at radius 2 is 1.93 bits per heavy atom. The van der Waals surface area contributed by atoms with Crippen LogP contribution in [0.25, 0.3) is 0 Å². The second-order valence-corrected chi connectivity index (χ2v) is 8.03. The predicted octanol–water partition coefficient (Wildman–Crippen LogP) is -0.739. The van der Waals surface area contributed by atoms with Crippen molar-refractivity contribution in [3.05, 3.63) is 33.8 Å². The van der Waals surface area contributed by atoms with Gasteiger partial charge in [0.15, 0.2) is 13.1 Å². The quantitative estimate of drug-likeness (QED) is 0.522. The fourth-order valence-electron chi connectivity index (χ4n) is 3.23. The van der Waals surface area contributed by atoms with Crippen molar-refractivity contribution >= 4 is 35.0 Å². The summed E-state index contributed by atoms with van der Waals surface area (Å²) in [5.41, 5.74) is 1.06. The number of carbonyl (C=O) groups is 2. The smallest absolute Gasteiger partial charge is 0.278 e. The van der Waals surface area contributed by atoms with Crippen LogP contribution >= 0.6 is 23.2 Å². The van der Waals surface area contributed by atoms with Crippen LogP contribution in [0.1, 0.15) is 18.9 Å². The van der Waals surface area contributed by atoms with Crippen molar-refractivity contribution in [1.82, 2.24) is 10.2 Å². The van der Waals surface area contributed by atoms with Gasteiger partial charge in [-0.3, -0.25) is 9.59 Å². The summed E-state index contributed by atoms with van der Waals surface area (Å²) in [5, 5.41) is 3.99. The first-order chi connectivity index (χ1) is 12.9. The minimum absolute atomic E-state index is 0.0948. The van der Waals surface area contributed by atoms with Gasteiger partial charge in [0.05, 0.1) is 43.3 Å². The van der Waals surface area contributed by atoms with E-state index < -0.39 is 0 Å². The molecule has 0 bridgehead atoms. The first-order valence-corrected chi connectivity index (χ1v) is 10.3. The number of carbonyl (C=O) groups excluding carboxylic acids is 2. The van der Waals surface area contributed by atoms with Crippen molar-refractivity contribution in [2.75, 3.05) is 52.9 Å². The molecule has 0 saturated carbocycles. The van der Waals surface area contributed by atoms with E-state index in [0.29, 0.717) is 42.8 Å². The molecule has 150 valence electrons. The number of likely N-dealkylation sites (N-methyl/N-ethyl adjacent to an activating group) is 1. The predicted molar refractivity (Wildman–Crippen MR) is 107 cm³/mol. The van der Waals surface area contributed by atoms with E-state index in [2.05, 4.69) is 5.32 Å². The summed E-state index contributed by atoms with van der Waals surface area (Å²) in [6, 6.07) is 5.57. The third kappa shape index (κ3) is 7.30. The molecule has 1 aliphatic heterocycles. The second-order valence-electron chi connectivity index (χ2n) is 7.22. The third-order valence-corrected chi connectivity index (χ3v) is 5.49. The van der Waals surface area contributed by atoms with Crippen LogP contribution in [0.4, 0.5) is 0 Å². The Bertz CT molecular complexity index is 649. The Hall–Kier alpha value is -1.34. The molecule has 0 spiro atoms. The summed E-state index contributed by atoms with van der Waals surface area (Å²) in [4.78, 5) is 28.6. The summed E-state index contributed by atoms with van der Waals surface area (Å²) in [6.07, 6.45) is 0.946. The summed E-state index contributed by atoms with van der Waals surface area (Å²) < 4.78 is 0. The standard InChI is InChI=1S/C19H28Cl2N4O2/c1-3-6-22-18(26)13-24-7-9-25(10-8-24)19(27)14-23(2)12-15-4-5-16(20)17(21)11-15/h4-5,11H,3,6-10,12-14H2,1-2H3,(H,22,26)/p+2. The molecule has 0 aliphatic carbocycles. The monoisotopic (exact) mass is 416 g/mol. The molecule has 1 heterocycles. The van der Waals surface area contributed by atoms with Gasteiger partial charge in [0.25, 0.3) is 11.8 Å². The maximum Gasteiger partial charge on any atom is 0.278 e. The van der Waals surface area contributed by atoms with Crippen LogP contribution in [0, 0.1) is 0 Å². The Labute approximate surface area is 171 Å². The van der Waals surface area contributed by atoms with Crippen LogP contribution in [0.2, 0.25) is 10.0 Å². The van der Waals surface area contributed by atoms with E-state index in [9.17, 15) is 9.59 Å². The number of hydrogen-bond acceptors (Lipinski definition) is 2. The molecule has 3 N–H and O–H groups in total. The molecule has 0 aromatic heterocycles. The van der Waals surface area contributed by atoms with Crippen molar-refractivity contribution in [2.45, 2.75) is 19.9 Å². The van der Waals surface area contributed by atoms with E-state index in [4.69, 9.17) is 23.2 Å². The Balaban J connectivity index is 1.73. The van der Waals surface area contributed by atoms with Crippen molar-refractivity contribution in [2.24, 2.45) is 0 Å². The van der Waals surface area contributed by atoms with Crippen molar-refractivity contribution in [3.63, 3.8) is 0 Å². The SMILES string of the molecule is CCCNC(=O)C[NH+]1CCN(C(=O)C[NH+](C)Cc2ccc(Cl)c(Cl)c2)CC1. The molecule has 1 atom stereocenters. The molecule has 6 nitrogen and oxygen atoms in total. The highest BCUT2D eigenvalue weighted by Gasteiger charge is 2.26. The lowest BCUT2D eigenvalue weighted by Gasteiger charge is -2.32. The molecule has 2 rings (SSSR count). The lowest BCUT2D eigenvalue weighted by molar-refractivity contribution is -0.897. The largest absolute Gasteiger partial charge is 0.351 e. The van der Waals surface area contributed by atoms with Gasteiger partial charge in [-0.2, -0.15) is 0 Å². The van der Waals surface area contributed by atoms with Crippen molar-refractivity contribution in [3.8, 4) is 0 Å². The Morgan fingerprint density at radius 3 is 2.56 bits per heavy atom. The highest BCUT2D eigenvalue weighted by molar-refractivity contribution is 6.42. The second kappa shape index (κ2) is 10.9. The molecule has 1 unspecified atom stereocenters. The average molecular weight is 417 g/mol. The Kier molecular flexibility index (Phi) is 8.83. The number of hydrogen-bond donors (Lipinski definition) is 3. The van der Waals surface area contributed by atoms with Crippen molar-refractivity contribution < 1.29 is 19.4 Å². The maximum absolute atomic E-state index is 12.6. The van der Waals surface area contributed by atoms with Gasteiger partial charge in [-0.1, -0.05) is 36.2 Å². The Morgan fingerprint density at radius 1 is 1.22 bits per heavy atom. The van der Waals surface area contributed by atoms with E-state index in [1.165, 1.54) is 4.90 Å². The number of piperazine rings is 1. The minimum atomic E-state index is 0.0948. The molecule has 0 radical (unpaired) electrons. The highest BCUT2D eigenvalue weighted by Crippen LogP contribution is 2.22. The van der Waals surface area contributed by atoms with Crippen LogP contribution in [0.5, 0.6) is 0 Å². The first-order valence-electron chi connectivity index (χ1n) is 9.52. The van der Waals surface area contributed by atoms with Gasteiger partial charge in [0.1, 0.15) is 6.54 Å². The van der Waals surface area contributed by atoms with Gasteiger partial charge >= 0.3 is 0 Å². The number of quaternary nitrogens is 2. The number of halogens is 2. The molecule has 1 aliphatic rings. The topological polar surface area (TPSA) is 58.3 Å². The van der Waals surface area contributed by atoms with Gasteiger partial charge < -0.3 is 20.0 Å². The lowest BCUT2D eigenvalue weighted by Crippen LogP contribution is -3.16. The summed E-state index contributed by atoms with van der Waals surface area (Å²) in [5.74, 6) is 0.250. The highest BCUT2D eigenvalue weighted by atomic mass is 35.5. The van der Waals surface area contributed by atoms with E-state index in [1.54, 1.807) is 6.07 Å². The van der Waals surface area contributed by atoms with Gasteiger partial charge in [0.2, 0.25) is 0 Å². The number of benzene rings is 1. The molecule has 2 amide bonds. The van der Waals surface area contributed by atoms with E-state index in [1.807, 2.05) is 31.0 Å². The molecular weight excluding hydrogens is 387 g/mol. The molecule has 8 heteroatoms. The van der Waals surface area contributed by atoms with Gasteiger partial charge in [0, 0.05) is 12.1 Å².